The van der Waals surface area contributed by atoms with Crippen molar-refractivity contribution in [1.82, 2.24) is 5.32 Å². The summed E-state index contributed by atoms with van der Waals surface area (Å²) < 4.78 is 0. The first-order valence-electron chi connectivity index (χ1n) is 5.68. The van der Waals surface area contributed by atoms with E-state index in [9.17, 15) is 0 Å². The number of hydrogen-bond donors (Lipinski definition) is 1. The van der Waals surface area contributed by atoms with Crippen molar-refractivity contribution in [3.8, 4) is 0 Å². The maximum Gasteiger partial charge on any atom is -0.00436 e. The third-order valence-corrected chi connectivity index (χ3v) is 4.09. The van der Waals surface area contributed by atoms with E-state index in [-0.39, 0.29) is 0 Å². The van der Waals surface area contributed by atoms with Crippen molar-refractivity contribution < 1.29 is 0 Å². The average molecular weight is 179 g/mol. The molecule has 0 amide bonds. The largest absolute Gasteiger partial charge is 0.317 e. The van der Waals surface area contributed by atoms with Crippen LogP contribution < -0.4 is 5.32 Å². The lowest BCUT2D eigenvalue weighted by Gasteiger charge is -2.42. The van der Waals surface area contributed by atoms with Gasteiger partial charge in [-0.1, -0.05) is 6.08 Å². The second kappa shape index (κ2) is 3.83. The summed E-state index contributed by atoms with van der Waals surface area (Å²) in [5, 5.41) is 3.46. The Morgan fingerprint density at radius 3 is 2.23 bits per heavy atom. The molecule has 0 aromatic heterocycles. The Labute approximate surface area is 81.6 Å². The van der Waals surface area contributed by atoms with Crippen LogP contribution in [0, 0.1) is 11.3 Å². The van der Waals surface area contributed by atoms with Gasteiger partial charge in [0, 0.05) is 0 Å². The van der Waals surface area contributed by atoms with E-state index in [0.29, 0.717) is 0 Å². The zero-order valence-electron chi connectivity index (χ0n) is 8.52. The Hall–Kier alpha value is -0.300. The highest BCUT2D eigenvalue weighted by atomic mass is 14.9. The highest BCUT2D eigenvalue weighted by Gasteiger charge is 2.35. The maximum absolute atomic E-state index is 3.91. The van der Waals surface area contributed by atoms with Gasteiger partial charge in [-0.3, -0.25) is 0 Å². The number of rotatable bonds is 1. The fourth-order valence-electron chi connectivity index (χ4n) is 2.95. The van der Waals surface area contributed by atoms with Crippen molar-refractivity contribution in [2.75, 3.05) is 13.1 Å². The molecule has 0 atom stereocenters. The molecule has 2 fully saturated rings. The van der Waals surface area contributed by atoms with Crippen molar-refractivity contribution in [2.45, 2.75) is 38.5 Å². The van der Waals surface area contributed by atoms with Gasteiger partial charge in [-0.25, -0.2) is 0 Å². The summed E-state index contributed by atoms with van der Waals surface area (Å²) in [6.45, 7) is 6.40. The second-order valence-electron chi connectivity index (χ2n) is 4.82. The van der Waals surface area contributed by atoms with E-state index in [2.05, 4.69) is 18.0 Å². The van der Waals surface area contributed by atoms with Crippen LogP contribution in [-0.4, -0.2) is 13.1 Å². The molecule has 0 unspecified atom stereocenters. The first-order chi connectivity index (χ1) is 6.35. The normalized spacial score (nSPS) is 28.9. The first kappa shape index (κ1) is 9.26. The Kier molecular flexibility index (Phi) is 2.73. The van der Waals surface area contributed by atoms with Gasteiger partial charge in [0.1, 0.15) is 0 Å². The maximum atomic E-state index is 3.91. The van der Waals surface area contributed by atoms with Gasteiger partial charge >= 0.3 is 0 Å². The van der Waals surface area contributed by atoms with Crippen LogP contribution in [0.15, 0.2) is 12.7 Å². The Bertz CT molecular complexity index is 170. The molecule has 13 heavy (non-hydrogen) atoms. The third kappa shape index (κ3) is 1.96. The molecule has 1 heteroatoms. The van der Waals surface area contributed by atoms with E-state index in [4.69, 9.17) is 0 Å². The van der Waals surface area contributed by atoms with Gasteiger partial charge in [0.05, 0.1) is 0 Å². The van der Waals surface area contributed by atoms with Crippen molar-refractivity contribution in [1.29, 1.82) is 0 Å². The molecule has 1 aliphatic heterocycles. The minimum absolute atomic E-state index is 0.727. The highest BCUT2D eigenvalue weighted by molar-refractivity contribution is 4.93. The lowest BCUT2D eigenvalue weighted by atomic mass is 9.66. The molecular formula is C12H21N. The molecule has 1 saturated carbocycles. The van der Waals surface area contributed by atoms with Crippen LogP contribution in [-0.2, 0) is 0 Å². The predicted molar refractivity (Wildman–Crippen MR) is 56.7 cm³/mol. The predicted octanol–water partition coefficient (Wildman–Crippen LogP) is 2.73. The van der Waals surface area contributed by atoms with Crippen LogP contribution >= 0.6 is 0 Å². The van der Waals surface area contributed by atoms with Crippen LogP contribution in [0.25, 0.3) is 0 Å². The number of allylic oxidation sites excluding steroid dienone is 1. The summed E-state index contributed by atoms with van der Waals surface area (Å²) in [7, 11) is 0. The van der Waals surface area contributed by atoms with Crippen LogP contribution in [0.5, 0.6) is 0 Å². The Balaban J connectivity index is 1.91. The molecule has 2 aliphatic rings. The van der Waals surface area contributed by atoms with Crippen LogP contribution in [0.4, 0.5) is 0 Å². The Morgan fingerprint density at radius 1 is 1.08 bits per heavy atom. The van der Waals surface area contributed by atoms with Crippen molar-refractivity contribution in [3.63, 3.8) is 0 Å². The minimum atomic E-state index is 0.727. The van der Waals surface area contributed by atoms with Gasteiger partial charge in [0.25, 0.3) is 0 Å². The van der Waals surface area contributed by atoms with Gasteiger partial charge < -0.3 is 5.32 Å². The first-order valence-corrected chi connectivity index (χ1v) is 5.68. The van der Waals surface area contributed by atoms with Crippen LogP contribution in [0.3, 0.4) is 0 Å². The molecule has 0 aromatic carbocycles. The zero-order chi connectivity index (χ0) is 9.15. The molecule has 74 valence electrons. The molecule has 0 radical (unpaired) electrons. The average Bonchev–Trinajstić information content (AvgIpc) is 2.20. The molecule has 1 heterocycles. The summed E-state index contributed by atoms with van der Waals surface area (Å²) in [6, 6.07) is 0. The van der Waals surface area contributed by atoms with Gasteiger partial charge in [0.2, 0.25) is 0 Å². The molecule has 1 saturated heterocycles. The van der Waals surface area contributed by atoms with E-state index in [1.165, 1.54) is 51.6 Å². The van der Waals surface area contributed by atoms with E-state index in [0.717, 1.165) is 11.3 Å². The summed E-state index contributed by atoms with van der Waals surface area (Å²) >= 11 is 0. The molecule has 2 rings (SSSR count). The van der Waals surface area contributed by atoms with E-state index in [1.807, 2.05) is 0 Å². The molecular weight excluding hydrogens is 158 g/mol. The highest BCUT2D eigenvalue weighted by Crippen LogP contribution is 2.45. The van der Waals surface area contributed by atoms with Gasteiger partial charge in [-0.15, -0.1) is 6.58 Å². The fraction of sp³-hybridized carbons (Fsp3) is 0.833. The smallest absolute Gasteiger partial charge is 0.00436 e. The van der Waals surface area contributed by atoms with E-state index >= 15 is 0 Å². The standard InChI is InChI=1S/C12H21N/c1-2-11-3-5-12(6-4-11)7-9-13-10-8-12/h2,11,13H,1,3-10H2. The fourth-order valence-corrected chi connectivity index (χ4v) is 2.95. The van der Waals surface area contributed by atoms with Crippen molar-refractivity contribution in [3.05, 3.63) is 12.7 Å². The van der Waals surface area contributed by atoms with E-state index in [1.54, 1.807) is 0 Å². The molecule has 1 nitrogen and oxygen atoms in total. The summed E-state index contributed by atoms with van der Waals surface area (Å²) in [4.78, 5) is 0. The van der Waals surface area contributed by atoms with Crippen molar-refractivity contribution in [2.24, 2.45) is 11.3 Å². The number of piperidine rings is 1. The second-order valence-corrected chi connectivity index (χ2v) is 4.82. The van der Waals surface area contributed by atoms with Crippen molar-refractivity contribution >= 4 is 0 Å². The molecule has 1 spiro atoms. The van der Waals surface area contributed by atoms with Crippen LogP contribution in [0.1, 0.15) is 38.5 Å². The molecule has 1 N–H and O–H groups in total. The quantitative estimate of drug-likeness (QED) is 0.610. The lowest BCUT2D eigenvalue weighted by Crippen LogP contribution is -2.38. The molecule has 0 bridgehead atoms. The third-order valence-electron chi connectivity index (χ3n) is 4.09. The molecule has 0 aromatic rings. The minimum Gasteiger partial charge on any atom is -0.317 e. The number of hydrogen-bond acceptors (Lipinski definition) is 1. The summed E-state index contributed by atoms with van der Waals surface area (Å²) in [5.74, 6) is 0.820. The lowest BCUT2D eigenvalue weighted by molar-refractivity contribution is 0.117. The zero-order valence-corrected chi connectivity index (χ0v) is 8.52. The Morgan fingerprint density at radius 2 is 1.69 bits per heavy atom. The molecule has 1 aliphatic carbocycles. The topological polar surface area (TPSA) is 12.0 Å². The summed E-state index contributed by atoms with van der Waals surface area (Å²) in [5.41, 5.74) is 0.727. The van der Waals surface area contributed by atoms with Gasteiger partial charge in [0.15, 0.2) is 0 Å². The number of nitrogens with one attached hydrogen (secondary N) is 1. The summed E-state index contributed by atoms with van der Waals surface area (Å²) in [6.07, 6.45) is 10.7. The van der Waals surface area contributed by atoms with Gasteiger partial charge in [-0.2, -0.15) is 0 Å². The van der Waals surface area contributed by atoms with Gasteiger partial charge in [-0.05, 0) is 62.9 Å². The monoisotopic (exact) mass is 179 g/mol. The SMILES string of the molecule is C=CC1CCC2(CCNCC2)CC1. The van der Waals surface area contributed by atoms with Crippen LogP contribution in [0.2, 0.25) is 0 Å². The van der Waals surface area contributed by atoms with E-state index < -0.39 is 0 Å².